The highest BCUT2D eigenvalue weighted by Crippen LogP contribution is 2.23. The number of aryl methyl sites for hydroxylation is 2. The molecular weight excluding hydrogens is 246 g/mol. The minimum Gasteiger partial charge on any atom is -0.480 e. The van der Waals surface area contributed by atoms with Crippen LogP contribution in [-0.4, -0.2) is 29.1 Å². The molecule has 0 spiro atoms. The third kappa shape index (κ3) is 3.98. The molecule has 0 heterocycles. The van der Waals surface area contributed by atoms with E-state index in [0.717, 1.165) is 11.1 Å². The van der Waals surface area contributed by atoms with Gasteiger partial charge < -0.3 is 15.2 Å². The number of ether oxygens (including phenoxy) is 1. The molecule has 0 aliphatic heterocycles. The average Bonchev–Trinajstić information content (AvgIpc) is 2.33. The molecule has 0 saturated carbocycles. The van der Waals surface area contributed by atoms with E-state index in [2.05, 4.69) is 5.32 Å². The zero-order valence-electron chi connectivity index (χ0n) is 11.6. The molecule has 0 aliphatic rings. The van der Waals surface area contributed by atoms with E-state index in [0.29, 0.717) is 5.75 Å². The van der Waals surface area contributed by atoms with E-state index >= 15 is 0 Å². The number of carbonyl (C=O) groups is 2. The third-order valence-electron chi connectivity index (χ3n) is 2.80. The zero-order chi connectivity index (χ0) is 14.6. The Morgan fingerprint density at radius 3 is 2.21 bits per heavy atom. The summed E-state index contributed by atoms with van der Waals surface area (Å²) in [6.45, 7) is 6.79. The van der Waals surface area contributed by atoms with Gasteiger partial charge in [-0.15, -0.1) is 0 Å². The normalized spacial score (nSPS) is 13.5. The molecule has 0 aromatic heterocycles. The molecule has 1 aromatic carbocycles. The third-order valence-corrected chi connectivity index (χ3v) is 2.80. The Bertz CT molecular complexity index is 464. The van der Waals surface area contributed by atoms with Crippen molar-refractivity contribution in [3.8, 4) is 5.75 Å². The fourth-order valence-corrected chi connectivity index (χ4v) is 1.61. The topological polar surface area (TPSA) is 75.6 Å². The second kappa shape index (κ2) is 6.22. The predicted molar refractivity (Wildman–Crippen MR) is 71.2 cm³/mol. The Morgan fingerprint density at radius 1 is 1.21 bits per heavy atom. The molecule has 5 nitrogen and oxygen atoms in total. The van der Waals surface area contributed by atoms with Crippen LogP contribution in [0.25, 0.3) is 0 Å². The Hall–Kier alpha value is -2.04. The van der Waals surface area contributed by atoms with Gasteiger partial charge in [-0.3, -0.25) is 9.59 Å². The van der Waals surface area contributed by atoms with Crippen molar-refractivity contribution in [2.75, 3.05) is 0 Å². The quantitative estimate of drug-likeness (QED) is 0.849. The van der Waals surface area contributed by atoms with E-state index in [1.165, 1.54) is 6.92 Å². The molecule has 2 unspecified atom stereocenters. The predicted octanol–water partition coefficient (Wildman–Crippen LogP) is 1.66. The molecule has 0 bridgehead atoms. The number of carbonyl (C=O) groups excluding carboxylic acids is 1. The second-order valence-electron chi connectivity index (χ2n) is 4.55. The zero-order valence-corrected chi connectivity index (χ0v) is 11.6. The summed E-state index contributed by atoms with van der Waals surface area (Å²) in [5.41, 5.74) is 1.87. The van der Waals surface area contributed by atoms with Gasteiger partial charge in [0, 0.05) is 0 Å². The van der Waals surface area contributed by atoms with Gasteiger partial charge >= 0.3 is 5.97 Å². The Morgan fingerprint density at radius 2 is 1.74 bits per heavy atom. The van der Waals surface area contributed by atoms with E-state index in [1.54, 1.807) is 6.92 Å². The monoisotopic (exact) mass is 265 g/mol. The number of carboxylic acid groups (broad SMARTS) is 1. The van der Waals surface area contributed by atoms with Crippen molar-refractivity contribution >= 4 is 11.9 Å². The fourth-order valence-electron chi connectivity index (χ4n) is 1.61. The van der Waals surface area contributed by atoms with Crippen molar-refractivity contribution < 1.29 is 19.4 Å². The Balaban J connectivity index is 2.72. The lowest BCUT2D eigenvalue weighted by atomic mass is 10.1. The smallest absolute Gasteiger partial charge is 0.325 e. The van der Waals surface area contributed by atoms with E-state index in [1.807, 2.05) is 32.0 Å². The van der Waals surface area contributed by atoms with Gasteiger partial charge in [0.25, 0.3) is 5.91 Å². The minimum atomic E-state index is -1.08. The molecule has 2 atom stereocenters. The maximum atomic E-state index is 11.8. The van der Waals surface area contributed by atoms with Crippen LogP contribution < -0.4 is 10.1 Å². The molecule has 19 heavy (non-hydrogen) atoms. The number of hydrogen-bond donors (Lipinski definition) is 2. The van der Waals surface area contributed by atoms with Gasteiger partial charge in [0.2, 0.25) is 0 Å². The second-order valence-corrected chi connectivity index (χ2v) is 4.55. The van der Waals surface area contributed by atoms with E-state index in [-0.39, 0.29) is 0 Å². The first-order valence-corrected chi connectivity index (χ1v) is 6.09. The van der Waals surface area contributed by atoms with Crippen LogP contribution in [0.1, 0.15) is 25.0 Å². The highest BCUT2D eigenvalue weighted by Gasteiger charge is 2.21. The SMILES string of the molecule is Cc1cccc(C)c1OC(C)C(=O)NC(C)C(=O)O. The molecule has 5 heteroatoms. The lowest BCUT2D eigenvalue weighted by molar-refractivity contribution is -0.142. The summed E-state index contributed by atoms with van der Waals surface area (Å²) in [4.78, 5) is 22.5. The van der Waals surface area contributed by atoms with Gasteiger partial charge in [0.15, 0.2) is 6.10 Å². The van der Waals surface area contributed by atoms with Crippen LogP contribution in [0, 0.1) is 13.8 Å². The Labute approximate surface area is 112 Å². The van der Waals surface area contributed by atoms with Gasteiger partial charge in [-0.05, 0) is 38.8 Å². The summed E-state index contributed by atoms with van der Waals surface area (Å²) in [5, 5.41) is 11.1. The molecule has 104 valence electrons. The fraction of sp³-hybridized carbons (Fsp3) is 0.429. The van der Waals surface area contributed by atoms with Crippen LogP contribution in [0.5, 0.6) is 5.75 Å². The van der Waals surface area contributed by atoms with Crippen LogP contribution >= 0.6 is 0 Å². The molecule has 0 saturated heterocycles. The van der Waals surface area contributed by atoms with Gasteiger partial charge in [0.1, 0.15) is 11.8 Å². The highest BCUT2D eigenvalue weighted by molar-refractivity contribution is 5.86. The number of para-hydroxylation sites is 1. The number of benzene rings is 1. The summed E-state index contributed by atoms with van der Waals surface area (Å²) in [5.74, 6) is -0.863. The van der Waals surface area contributed by atoms with Gasteiger partial charge in [-0.1, -0.05) is 18.2 Å². The first-order chi connectivity index (χ1) is 8.82. The first kappa shape index (κ1) is 15.0. The lowest BCUT2D eigenvalue weighted by Gasteiger charge is -2.19. The summed E-state index contributed by atoms with van der Waals surface area (Å²) in [6.07, 6.45) is -0.749. The number of amides is 1. The van der Waals surface area contributed by atoms with Crippen molar-refractivity contribution in [2.24, 2.45) is 0 Å². The van der Waals surface area contributed by atoms with E-state index in [4.69, 9.17) is 9.84 Å². The molecule has 2 N–H and O–H groups in total. The van der Waals surface area contributed by atoms with Crippen molar-refractivity contribution in [3.05, 3.63) is 29.3 Å². The molecule has 0 fully saturated rings. The standard InChI is InChI=1S/C14H19NO4/c1-8-6-5-7-9(2)12(8)19-11(4)13(16)15-10(3)14(17)18/h5-7,10-11H,1-4H3,(H,15,16)(H,17,18). The lowest BCUT2D eigenvalue weighted by Crippen LogP contribution is -2.44. The summed E-state index contributed by atoms with van der Waals surface area (Å²) < 4.78 is 5.61. The minimum absolute atomic E-state index is 0.447. The van der Waals surface area contributed by atoms with Crippen LogP contribution in [0.4, 0.5) is 0 Å². The summed E-state index contributed by atoms with van der Waals surface area (Å²) in [7, 11) is 0. The van der Waals surface area contributed by atoms with E-state index < -0.39 is 24.0 Å². The highest BCUT2D eigenvalue weighted by atomic mass is 16.5. The summed E-state index contributed by atoms with van der Waals surface area (Å²) in [6, 6.07) is 4.77. The van der Waals surface area contributed by atoms with Gasteiger partial charge in [0.05, 0.1) is 0 Å². The number of nitrogens with one attached hydrogen (secondary N) is 1. The molecule has 0 aliphatic carbocycles. The molecular formula is C14H19NO4. The largest absolute Gasteiger partial charge is 0.480 e. The molecule has 0 radical (unpaired) electrons. The number of aliphatic carboxylic acids is 1. The van der Waals surface area contributed by atoms with Crippen LogP contribution in [-0.2, 0) is 9.59 Å². The van der Waals surface area contributed by atoms with Crippen molar-refractivity contribution in [2.45, 2.75) is 39.8 Å². The molecule has 1 amide bonds. The van der Waals surface area contributed by atoms with Crippen LogP contribution in [0.2, 0.25) is 0 Å². The van der Waals surface area contributed by atoms with E-state index in [9.17, 15) is 9.59 Å². The maximum Gasteiger partial charge on any atom is 0.325 e. The summed E-state index contributed by atoms with van der Waals surface area (Å²) >= 11 is 0. The van der Waals surface area contributed by atoms with Gasteiger partial charge in [-0.25, -0.2) is 0 Å². The number of rotatable bonds is 5. The van der Waals surface area contributed by atoms with Crippen LogP contribution in [0.15, 0.2) is 18.2 Å². The van der Waals surface area contributed by atoms with Crippen molar-refractivity contribution in [3.63, 3.8) is 0 Å². The first-order valence-electron chi connectivity index (χ1n) is 6.09. The number of carboxylic acids is 1. The number of hydrogen-bond acceptors (Lipinski definition) is 3. The van der Waals surface area contributed by atoms with Crippen molar-refractivity contribution in [1.82, 2.24) is 5.32 Å². The van der Waals surface area contributed by atoms with Crippen molar-refractivity contribution in [1.29, 1.82) is 0 Å². The molecule has 1 aromatic rings. The Kier molecular flexibility index (Phi) is 4.92. The molecule has 1 rings (SSSR count). The van der Waals surface area contributed by atoms with Gasteiger partial charge in [-0.2, -0.15) is 0 Å². The van der Waals surface area contributed by atoms with Crippen LogP contribution in [0.3, 0.4) is 0 Å². The maximum absolute atomic E-state index is 11.8. The average molecular weight is 265 g/mol.